The number of amides is 1. The van der Waals surface area contributed by atoms with Gasteiger partial charge in [-0.25, -0.2) is 0 Å². The Morgan fingerprint density at radius 2 is 2.29 bits per heavy atom. The summed E-state index contributed by atoms with van der Waals surface area (Å²) in [6.07, 6.45) is 3.88. The summed E-state index contributed by atoms with van der Waals surface area (Å²) in [6, 6.07) is 2.00. The lowest BCUT2D eigenvalue weighted by atomic mass is 9.98. The average Bonchev–Trinajstić information content (AvgIpc) is 2.96. The van der Waals surface area contributed by atoms with Crippen molar-refractivity contribution in [3.8, 4) is 0 Å². The van der Waals surface area contributed by atoms with Crippen LogP contribution in [-0.4, -0.2) is 40.1 Å². The fourth-order valence-electron chi connectivity index (χ4n) is 3.02. The molecular weight excluding hydrogens is 240 g/mol. The number of rotatable bonds is 1. The highest BCUT2D eigenvalue weighted by atomic mass is 35.5. The first-order valence-electron chi connectivity index (χ1n) is 5.80. The predicted molar refractivity (Wildman–Crippen MR) is 65.9 cm³/mol. The second-order valence-electron chi connectivity index (χ2n) is 4.85. The number of halogens is 1. The summed E-state index contributed by atoms with van der Waals surface area (Å²) in [6.45, 7) is 1.67. The fraction of sp³-hybridized carbons (Fsp3) is 0.636. The van der Waals surface area contributed by atoms with Crippen LogP contribution in [0.2, 0.25) is 0 Å². The van der Waals surface area contributed by atoms with Gasteiger partial charge in [0.2, 0.25) is 0 Å². The third-order valence-electron chi connectivity index (χ3n) is 3.93. The van der Waals surface area contributed by atoms with Crippen molar-refractivity contribution >= 4 is 18.3 Å². The van der Waals surface area contributed by atoms with E-state index in [9.17, 15) is 4.79 Å². The number of nitrogens with zero attached hydrogens (tertiary/aromatic N) is 2. The Balaban J connectivity index is 0.00000108. The molecule has 0 radical (unpaired) electrons. The van der Waals surface area contributed by atoms with E-state index in [1.807, 2.05) is 4.90 Å². The zero-order chi connectivity index (χ0) is 11.1. The summed E-state index contributed by atoms with van der Waals surface area (Å²) in [5, 5.41) is 6.52. The minimum absolute atomic E-state index is 0. The first kappa shape index (κ1) is 12.4. The molecule has 17 heavy (non-hydrogen) atoms. The van der Waals surface area contributed by atoms with Gasteiger partial charge < -0.3 is 10.6 Å². The maximum absolute atomic E-state index is 12.1. The number of aromatic amines is 1. The molecule has 2 aliphatic rings. The van der Waals surface area contributed by atoms with E-state index in [1.54, 1.807) is 12.3 Å². The fourth-order valence-corrected chi connectivity index (χ4v) is 3.02. The third-order valence-corrected chi connectivity index (χ3v) is 3.93. The van der Waals surface area contributed by atoms with Crippen LogP contribution in [0.5, 0.6) is 0 Å². The van der Waals surface area contributed by atoms with Gasteiger partial charge in [0.15, 0.2) is 0 Å². The molecule has 0 spiro atoms. The van der Waals surface area contributed by atoms with E-state index in [4.69, 9.17) is 5.73 Å². The molecule has 1 aromatic rings. The van der Waals surface area contributed by atoms with Crippen molar-refractivity contribution in [1.29, 1.82) is 0 Å². The van der Waals surface area contributed by atoms with E-state index in [0.29, 0.717) is 17.5 Å². The van der Waals surface area contributed by atoms with Gasteiger partial charge in [0, 0.05) is 25.3 Å². The maximum Gasteiger partial charge on any atom is 0.271 e. The van der Waals surface area contributed by atoms with E-state index >= 15 is 0 Å². The third kappa shape index (κ3) is 2.05. The number of H-pyrrole nitrogens is 1. The quantitative estimate of drug-likeness (QED) is 0.774. The Hall–Kier alpha value is -1.07. The van der Waals surface area contributed by atoms with Crippen LogP contribution >= 0.6 is 12.4 Å². The Morgan fingerprint density at radius 1 is 1.47 bits per heavy atom. The van der Waals surface area contributed by atoms with Gasteiger partial charge in [-0.15, -0.1) is 12.4 Å². The molecule has 1 aliphatic heterocycles. The number of nitrogens with one attached hydrogen (secondary N) is 1. The monoisotopic (exact) mass is 256 g/mol. The average molecular weight is 257 g/mol. The Kier molecular flexibility index (Phi) is 3.40. The van der Waals surface area contributed by atoms with Gasteiger partial charge >= 0.3 is 0 Å². The minimum Gasteiger partial charge on any atom is -0.337 e. The first-order valence-corrected chi connectivity index (χ1v) is 5.80. The Morgan fingerprint density at radius 3 is 2.94 bits per heavy atom. The van der Waals surface area contributed by atoms with Gasteiger partial charge in [-0.2, -0.15) is 5.10 Å². The van der Waals surface area contributed by atoms with Crippen molar-refractivity contribution < 1.29 is 4.79 Å². The van der Waals surface area contributed by atoms with Crippen LogP contribution in [0.3, 0.4) is 0 Å². The molecule has 1 saturated heterocycles. The summed E-state index contributed by atoms with van der Waals surface area (Å²) in [4.78, 5) is 14.0. The summed E-state index contributed by atoms with van der Waals surface area (Å²) in [5.74, 6) is 1.17. The van der Waals surface area contributed by atoms with Crippen molar-refractivity contribution in [3.05, 3.63) is 18.0 Å². The van der Waals surface area contributed by atoms with E-state index in [0.717, 1.165) is 19.5 Å². The Bertz CT molecular complexity index is 394. The van der Waals surface area contributed by atoms with Crippen molar-refractivity contribution in [2.75, 3.05) is 13.1 Å². The van der Waals surface area contributed by atoms with Crippen molar-refractivity contribution in [3.63, 3.8) is 0 Å². The molecule has 94 valence electrons. The van der Waals surface area contributed by atoms with Gasteiger partial charge in [-0.1, -0.05) is 0 Å². The molecule has 3 rings (SSSR count). The summed E-state index contributed by atoms with van der Waals surface area (Å²) < 4.78 is 0. The van der Waals surface area contributed by atoms with Gasteiger partial charge in [0.25, 0.3) is 5.91 Å². The van der Waals surface area contributed by atoms with Gasteiger partial charge in [-0.3, -0.25) is 9.89 Å². The topological polar surface area (TPSA) is 75.0 Å². The number of hydrogen-bond acceptors (Lipinski definition) is 3. The van der Waals surface area contributed by atoms with Crippen LogP contribution in [0.1, 0.15) is 23.3 Å². The smallest absolute Gasteiger partial charge is 0.271 e. The molecule has 3 atom stereocenters. The number of aromatic nitrogens is 2. The van der Waals surface area contributed by atoms with Gasteiger partial charge in [0.05, 0.1) is 0 Å². The van der Waals surface area contributed by atoms with Crippen molar-refractivity contribution in [2.45, 2.75) is 18.9 Å². The van der Waals surface area contributed by atoms with Crippen molar-refractivity contribution in [2.24, 2.45) is 17.6 Å². The predicted octanol–water partition coefficient (Wildman–Crippen LogP) is 0.641. The number of nitrogens with two attached hydrogens (primary N) is 1. The highest BCUT2D eigenvalue weighted by Crippen LogP contribution is 2.37. The molecular formula is C11H17ClN4O. The Labute approximate surface area is 106 Å². The molecule has 3 unspecified atom stereocenters. The van der Waals surface area contributed by atoms with Crippen LogP contribution < -0.4 is 5.73 Å². The lowest BCUT2D eigenvalue weighted by Crippen LogP contribution is -2.33. The zero-order valence-electron chi connectivity index (χ0n) is 9.50. The molecule has 1 aromatic heterocycles. The maximum atomic E-state index is 12.1. The number of likely N-dealkylation sites (tertiary alicyclic amines) is 1. The molecule has 1 saturated carbocycles. The SMILES string of the molecule is Cl.NC1CCC2CN(C(=O)c3ccn[nH]3)CC12. The standard InChI is InChI=1S/C11H16N4O.ClH/c12-9-2-1-7-5-15(6-8(7)9)11(16)10-3-4-13-14-10;/h3-4,7-9H,1-2,5-6,12H2,(H,13,14);1H. The second-order valence-corrected chi connectivity index (χ2v) is 4.85. The summed E-state index contributed by atoms with van der Waals surface area (Å²) in [5.41, 5.74) is 6.62. The highest BCUT2D eigenvalue weighted by Gasteiger charge is 2.42. The molecule has 1 amide bonds. The minimum atomic E-state index is 0. The summed E-state index contributed by atoms with van der Waals surface area (Å²) in [7, 11) is 0. The largest absolute Gasteiger partial charge is 0.337 e. The first-order chi connectivity index (χ1) is 7.75. The lowest BCUT2D eigenvalue weighted by molar-refractivity contribution is 0.0773. The van der Waals surface area contributed by atoms with Crippen LogP contribution in [0.4, 0.5) is 0 Å². The number of carbonyl (C=O) groups is 1. The molecule has 1 aliphatic carbocycles. The van der Waals surface area contributed by atoms with E-state index < -0.39 is 0 Å². The molecule has 2 fully saturated rings. The zero-order valence-corrected chi connectivity index (χ0v) is 10.3. The number of carbonyl (C=O) groups excluding carboxylic acids is 1. The van der Waals surface area contributed by atoms with E-state index in [2.05, 4.69) is 10.2 Å². The lowest BCUT2D eigenvalue weighted by Gasteiger charge is -2.17. The van der Waals surface area contributed by atoms with Crippen LogP contribution in [0.15, 0.2) is 12.3 Å². The highest BCUT2D eigenvalue weighted by molar-refractivity contribution is 5.92. The summed E-state index contributed by atoms with van der Waals surface area (Å²) >= 11 is 0. The number of fused-ring (bicyclic) bond motifs is 1. The second kappa shape index (κ2) is 4.66. The van der Waals surface area contributed by atoms with Crippen LogP contribution in [-0.2, 0) is 0 Å². The van der Waals surface area contributed by atoms with Crippen molar-refractivity contribution in [1.82, 2.24) is 15.1 Å². The van der Waals surface area contributed by atoms with Gasteiger partial charge in [0.1, 0.15) is 5.69 Å². The molecule has 0 aromatic carbocycles. The molecule has 3 N–H and O–H groups in total. The van der Waals surface area contributed by atoms with Crippen LogP contribution in [0.25, 0.3) is 0 Å². The number of hydrogen-bond donors (Lipinski definition) is 2. The molecule has 5 nitrogen and oxygen atoms in total. The van der Waals surface area contributed by atoms with E-state index in [1.165, 1.54) is 6.42 Å². The molecule has 2 heterocycles. The normalized spacial score (nSPS) is 31.1. The molecule has 6 heteroatoms. The molecule has 0 bridgehead atoms. The van der Waals surface area contributed by atoms with Gasteiger partial charge in [-0.05, 0) is 30.7 Å². The van der Waals surface area contributed by atoms with Crippen LogP contribution in [0, 0.1) is 11.8 Å². The van der Waals surface area contributed by atoms with E-state index in [-0.39, 0.29) is 24.4 Å².